The van der Waals surface area contributed by atoms with Crippen LogP contribution in [0.2, 0.25) is 10.2 Å². The maximum Gasteiger partial charge on any atom is 0.265 e. The lowest BCUT2D eigenvalue weighted by Crippen LogP contribution is -2.30. The minimum absolute atomic E-state index is 0.236. The predicted octanol–water partition coefficient (Wildman–Crippen LogP) is 4.10. The molecule has 6 heteroatoms. The Kier molecular flexibility index (Phi) is 5.04. The lowest BCUT2D eigenvalue weighted by atomic mass is 10.2. The first-order valence-corrected chi connectivity index (χ1v) is 7.07. The van der Waals surface area contributed by atoms with Crippen LogP contribution in [0.3, 0.4) is 0 Å². The molecule has 2 rings (SSSR count). The highest BCUT2D eigenvalue weighted by Gasteiger charge is 2.16. The number of aromatic nitrogens is 1. The number of carbonyl (C=O) groups is 1. The molecule has 0 radical (unpaired) electrons. The SMILES string of the molecule is Cc1cc(OC(C)C(=O)Nc2cccnc2Cl)ccc1Cl. The largest absolute Gasteiger partial charge is 0.481 e. The number of pyridine rings is 1. The standard InChI is InChI=1S/C15H14Cl2N2O2/c1-9-8-11(5-6-12(9)16)21-10(2)15(20)19-13-4-3-7-18-14(13)17/h3-8,10H,1-2H3,(H,19,20). The fourth-order valence-electron chi connectivity index (χ4n) is 1.66. The summed E-state index contributed by atoms with van der Waals surface area (Å²) in [5.74, 6) is 0.273. The van der Waals surface area contributed by atoms with Gasteiger partial charge in [0.25, 0.3) is 5.91 Å². The van der Waals surface area contributed by atoms with Gasteiger partial charge in [0.2, 0.25) is 0 Å². The molecule has 0 saturated heterocycles. The monoisotopic (exact) mass is 324 g/mol. The zero-order valence-corrected chi connectivity index (χ0v) is 13.1. The number of nitrogens with zero attached hydrogens (tertiary/aromatic N) is 1. The second-order valence-corrected chi connectivity index (χ2v) is 5.27. The summed E-state index contributed by atoms with van der Waals surface area (Å²) in [5.41, 5.74) is 1.34. The summed E-state index contributed by atoms with van der Waals surface area (Å²) in [7, 11) is 0. The molecule has 0 fully saturated rings. The molecular formula is C15H14Cl2N2O2. The van der Waals surface area contributed by atoms with Crippen molar-refractivity contribution < 1.29 is 9.53 Å². The highest BCUT2D eigenvalue weighted by molar-refractivity contribution is 6.32. The van der Waals surface area contributed by atoms with E-state index in [1.54, 1.807) is 43.5 Å². The lowest BCUT2D eigenvalue weighted by molar-refractivity contribution is -0.122. The van der Waals surface area contributed by atoms with Crippen LogP contribution in [0.5, 0.6) is 5.75 Å². The second-order valence-electron chi connectivity index (χ2n) is 4.50. The van der Waals surface area contributed by atoms with E-state index < -0.39 is 6.10 Å². The van der Waals surface area contributed by atoms with Gasteiger partial charge in [0.1, 0.15) is 5.75 Å². The van der Waals surface area contributed by atoms with Crippen molar-refractivity contribution in [3.05, 3.63) is 52.3 Å². The zero-order valence-electron chi connectivity index (χ0n) is 11.6. The molecule has 4 nitrogen and oxygen atoms in total. The molecule has 110 valence electrons. The molecule has 21 heavy (non-hydrogen) atoms. The van der Waals surface area contributed by atoms with Gasteiger partial charge >= 0.3 is 0 Å². The summed E-state index contributed by atoms with van der Waals surface area (Å²) >= 11 is 11.8. The number of anilines is 1. The van der Waals surface area contributed by atoms with Gasteiger partial charge in [-0.05, 0) is 49.7 Å². The van der Waals surface area contributed by atoms with Crippen LogP contribution in [-0.4, -0.2) is 17.0 Å². The molecule has 1 aromatic carbocycles. The molecule has 1 unspecified atom stereocenters. The van der Waals surface area contributed by atoms with Crippen molar-refractivity contribution in [2.75, 3.05) is 5.32 Å². The number of hydrogen-bond acceptors (Lipinski definition) is 3. The van der Waals surface area contributed by atoms with Crippen LogP contribution in [-0.2, 0) is 4.79 Å². The highest BCUT2D eigenvalue weighted by atomic mass is 35.5. The fourth-order valence-corrected chi connectivity index (χ4v) is 1.95. The average molecular weight is 325 g/mol. The van der Waals surface area contributed by atoms with E-state index in [4.69, 9.17) is 27.9 Å². The van der Waals surface area contributed by atoms with E-state index >= 15 is 0 Å². The van der Waals surface area contributed by atoms with Crippen LogP contribution >= 0.6 is 23.2 Å². The number of carbonyl (C=O) groups excluding carboxylic acids is 1. The van der Waals surface area contributed by atoms with Crippen LogP contribution in [0.15, 0.2) is 36.5 Å². The molecule has 1 amide bonds. The van der Waals surface area contributed by atoms with Gasteiger partial charge in [0.15, 0.2) is 11.3 Å². The maximum absolute atomic E-state index is 12.1. The van der Waals surface area contributed by atoms with E-state index in [1.165, 1.54) is 0 Å². The normalized spacial score (nSPS) is 11.8. The zero-order chi connectivity index (χ0) is 15.4. The van der Waals surface area contributed by atoms with Crippen LogP contribution in [0, 0.1) is 6.92 Å². The van der Waals surface area contributed by atoms with Crippen LogP contribution in [0.25, 0.3) is 0 Å². The van der Waals surface area contributed by atoms with E-state index in [0.717, 1.165) is 5.56 Å². The molecule has 1 heterocycles. The van der Waals surface area contributed by atoms with Crippen molar-refractivity contribution in [1.82, 2.24) is 4.98 Å². The molecule has 1 N–H and O–H groups in total. The van der Waals surface area contributed by atoms with Gasteiger partial charge in [-0.3, -0.25) is 4.79 Å². The third-order valence-electron chi connectivity index (χ3n) is 2.83. The second kappa shape index (κ2) is 6.78. The third kappa shape index (κ3) is 4.09. The molecule has 0 aliphatic carbocycles. The van der Waals surface area contributed by atoms with Crippen LogP contribution < -0.4 is 10.1 Å². The Morgan fingerprint density at radius 1 is 1.33 bits per heavy atom. The van der Waals surface area contributed by atoms with Gasteiger partial charge in [-0.15, -0.1) is 0 Å². The third-order valence-corrected chi connectivity index (χ3v) is 3.55. The van der Waals surface area contributed by atoms with Crippen molar-refractivity contribution in [3.63, 3.8) is 0 Å². The number of aryl methyl sites for hydroxylation is 1. The first-order valence-electron chi connectivity index (χ1n) is 6.31. The number of nitrogens with one attached hydrogen (secondary N) is 1. The Morgan fingerprint density at radius 3 is 2.76 bits per heavy atom. The number of ether oxygens (including phenoxy) is 1. The summed E-state index contributed by atoms with van der Waals surface area (Å²) in [5, 5.41) is 3.56. The van der Waals surface area contributed by atoms with Gasteiger partial charge in [-0.1, -0.05) is 23.2 Å². The van der Waals surface area contributed by atoms with Gasteiger partial charge in [0.05, 0.1) is 5.69 Å². The van der Waals surface area contributed by atoms with Gasteiger partial charge in [-0.2, -0.15) is 0 Å². The fraction of sp³-hybridized carbons (Fsp3) is 0.200. The highest BCUT2D eigenvalue weighted by Crippen LogP contribution is 2.22. The summed E-state index contributed by atoms with van der Waals surface area (Å²) in [6, 6.07) is 8.59. The molecule has 0 saturated carbocycles. The molecule has 0 bridgehead atoms. The minimum atomic E-state index is -0.679. The average Bonchev–Trinajstić information content (AvgIpc) is 2.45. The Hall–Kier alpha value is -1.78. The Balaban J connectivity index is 2.02. The molecule has 0 aliphatic heterocycles. The smallest absolute Gasteiger partial charge is 0.265 e. The molecule has 1 atom stereocenters. The maximum atomic E-state index is 12.1. The van der Waals surface area contributed by atoms with Crippen molar-refractivity contribution in [2.24, 2.45) is 0 Å². The van der Waals surface area contributed by atoms with Crippen LogP contribution in [0.4, 0.5) is 5.69 Å². The molecular weight excluding hydrogens is 311 g/mol. The van der Waals surface area contributed by atoms with E-state index in [1.807, 2.05) is 6.92 Å². The van der Waals surface area contributed by atoms with Gasteiger partial charge in [0, 0.05) is 11.2 Å². The van der Waals surface area contributed by atoms with E-state index in [2.05, 4.69) is 10.3 Å². The predicted molar refractivity (Wildman–Crippen MR) is 84.2 cm³/mol. The Labute approximate surface area is 133 Å². The quantitative estimate of drug-likeness (QED) is 0.861. The van der Waals surface area contributed by atoms with Crippen molar-refractivity contribution in [3.8, 4) is 5.75 Å². The number of halogens is 2. The topological polar surface area (TPSA) is 51.2 Å². The summed E-state index contributed by atoms with van der Waals surface area (Å²) in [4.78, 5) is 16.0. The van der Waals surface area contributed by atoms with Gasteiger partial charge in [-0.25, -0.2) is 4.98 Å². The molecule has 0 spiro atoms. The summed E-state index contributed by atoms with van der Waals surface area (Å²) in [6.45, 7) is 3.53. The van der Waals surface area contributed by atoms with Crippen LogP contribution in [0.1, 0.15) is 12.5 Å². The summed E-state index contributed by atoms with van der Waals surface area (Å²) in [6.07, 6.45) is 0.871. The molecule has 0 aliphatic rings. The number of benzene rings is 1. The minimum Gasteiger partial charge on any atom is -0.481 e. The lowest BCUT2D eigenvalue weighted by Gasteiger charge is -2.15. The van der Waals surface area contributed by atoms with Crippen molar-refractivity contribution >= 4 is 34.8 Å². The van der Waals surface area contributed by atoms with E-state index in [9.17, 15) is 4.79 Å². The first-order chi connectivity index (χ1) is 9.97. The summed E-state index contributed by atoms with van der Waals surface area (Å²) < 4.78 is 5.59. The molecule has 2 aromatic rings. The van der Waals surface area contributed by atoms with Crippen molar-refractivity contribution in [2.45, 2.75) is 20.0 Å². The number of hydrogen-bond donors (Lipinski definition) is 1. The van der Waals surface area contributed by atoms with Crippen molar-refractivity contribution in [1.29, 1.82) is 0 Å². The number of amides is 1. The molecule has 1 aromatic heterocycles. The first kappa shape index (κ1) is 15.6. The van der Waals surface area contributed by atoms with Gasteiger partial charge < -0.3 is 10.1 Å². The van der Waals surface area contributed by atoms with E-state index in [-0.39, 0.29) is 11.1 Å². The Morgan fingerprint density at radius 2 is 2.10 bits per heavy atom. The number of rotatable bonds is 4. The van der Waals surface area contributed by atoms with E-state index in [0.29, 0.717) is 16.5 Å². The Bertz CT molecular complexity index is 662.